The first-order valence-electron chi connectivity index (χ1n) is 9.27. The van der Waals surface area contributed by atoms with E-state index >= 15 is 0 Å². The summed E-state index contributed by atoms with van der Waals surface area (Å²) >= 11 is 0. The van der Waals surface area contributed by atoms with Gasteiger partial charge in [-0.15, -0.1) is 5.11 Å². The maximum absolute atomic E-state index is 10.8. The molecule has 2 aromatic carbocycles. The van der Waals surface area contributed by atoms with E-state index in [1.807, 2.05) is 12.1 Å². The van der Waals surface area contributed by atoms with Gasteiger partial charge in [0.2, 0.25) is 5.88 Å². The van der Waals surface area contributed by atoms with E-state index in [1.165, 1.54) is 0 Å². The van der Waals surface area contributed by atoms with Crippen LogP contribution in [0.1, 0.15) is 11.1 Å². The highest BCUT2D eigenvalue weighted by molar-refractivity contribution is 5.83. The molecule has 0 fully saturated rings. The number of hydrogen-bond donors (Lipinski definition) is 1. The third-order valence-electron chi connectivity index (χ3n) is 5.13. The molecular formula is C22H20N4O4. The van der Waals surface area contributed by atoms with Gasteiger partial charge < -0.3 is 23.9 Å². The minimum atomic E-state index is -0.0840. The van der Waals surface area contributed by atoms with Gasteiger partial charge in [-0.3, -0.25) is 0 Å². The van der Waals surface area contributed by atoms with Crippen LogP contribution in [-0.4, -0.2) is 31.0 Å². The number of aromatic nitrogens is 1. The number of fused-ring (bicyclic) bond motifs is 3. The highest BCUT2D eigenvalue weighted by atomic mass is 16.5. The largest absolute Gasteiger partial charge is 0.497 e. The van der Waals surface area contributed by atoms with Gasteiger partial charge in [0.25, 0.3) is 0 Å². The third-order valence-corrected chi connectivity index (χ3v) is 5.13. The summed E-state index contributed by atoms with van der Waals surface area (Å²) in [4.78, 5) is 0. The second-order valence-electron chi connectivity index (χ2n) is 6.67. The summed E-state index contributed by atoms with van der Waals surface area (Å²) in [6, 6.07) is 12.9. The zero-order valence-corrected chi connectivity index (χ0v) is 16.8. The molecule has 0 spiro atoms. The van der Waals surface area contributed by atoms with Gasteiger partial charge in [-0.1, -0.05) is 0 Å². The molecule has 0 saturated carbocycles. The summed E-state index contributed by atoms with van der Waals surface area (Å²) in [5, 5.41) is 29.0. The average Bonchev–Trinajstić information content (AvgIpc) is 3.08. The Labute approximate surface area is 173 Å². The topological polar surface area (TPSA) is 101 Å². The fourth-order valence-corrected chi connectivity index (χ4v) is 3.63. The van der Waals surface area contributed by atoms with Crippen molar-refractivity contribution in [3.63, 3.8) is 0 Å². The number of nitriles is 1. The molecule has 0 amide bonds. The van der Waals surface area contributed by atoms with Gasteiger partial charge in [0.05, 0.1) is 32.7 Å². The number of benzene rings is 2. The number of nitrogens with zero attached hydrogens (tertiary/aromatic N) is 4. The SMILES string of the molecule is COc1ccc(N=Nc2c(C#N)c3n(c2O)CCc2cc(OC)c(OC)cc2-3)cc1. The zero-order chi connectivity index (χ0) is 21.3. The van der Waals surface area contributed by atoms with Gasteiger partial charge in [0, 0.05) is 12.1 Å². The van der Waals surface area contributed by atoms with Crippen LogP contribution in [0.2, 0.25) is 0 Å². The Balaban J connectivity index is 1.82. The smallest absolute Gasteiger partial charge is 0.221 e. The second-order valence-corrected chi connectivity index (χ2v) is 6.67. The van der Waals surface area contributed by atoms with Crippen LogP contribution in [0.5, 0.6) is 23.1 Å². The van der Waals surface area contributed by atoms with E-state index in [4.69, 9.17) is 14.2 Å². The van der Waals surface area contributed by atoms with Crippen LogP contribution >= 0.6 is 0 Å². The number of methoxy groups -OCH3 is 3. The fraction of sp³-hybridized carbons (Fsp3) is 0.227. The monoisotopic (exact) mass is 404 g/mol. The quantitative estimate of drug-likeness (QED) is 0.620. The van der Waals surface area contributed by atoms with E-state index in [1.54, 1.807) is 50.2 Å². The Bertz CT molecular complexity index is 1170. The lowest BCUT2D eigenvalue weighted by molar-refractivity contribution is 0.354. The molecule has 0 aliphatic carbocycles. The minimum Gasteiger partial charge on any atom is -0.497 e. The number of azo groups is 1. The first kappa shape index (κ1) is 19.3. The molecule has 3 aromatic rings. The van der Waals surface area contributed by atoms with Crippen molar-refractivity contribution in [1.29, 1.82) is 5.26 Å². The van der Waals surface area contributed by atoms with Crippen molar-refractivity contribution in [2.24, 2.45) is 10.2 Å². The van der Waals surface area contributed by atoms with Crippen LogP contribution in [0.3, 0.4) is 0 Å². The minimum absolute atomic E-state index is 0.0840. The summed E-state index contributed by atoms with van der Waals surface area (Å²) in [7, 11) is 4.73. The summed E-state index contributed by atoms with van der Waals surface area (Å²) < 4.78 is 17.6. The van der Waals surface area contributed by atoms with E-state index in [0.717, 1.165) is 11.1 Å². The molecular weight excluding hydrogens is 384 g/mol. The third kappa shape index (κ3) is 3.10. The molecule has 152 valence electrons. The molecule has 30 heavy (non-hydrogen) atoms. The van der Waals surface area contributed by atoms with Crippen molar-refractivity contribution in [2.45, 2.75) is 13.0 Å². The maximum Gasteiger partial charge on any atom is 0.221 e. The molecule has 4 rings (SSSR count). The van der Waals surface area contributed by atoms with Crippen molar-refractivity contribution in [3.05, 3.63) is 47.5 Å². The standard InChI is InChI=1S/C22H20N4O4/c1-28-15-6-4-14(5-7-15)24-25-20-17(12-23)21-16-11-19(30-3)18(29-2)10-13(16)8-9-26(21)22(20)27/h4-7,10-11,27H,8-9H2,1-3H3. The Hall–Kier alpha value is -3.99. The van der Waals surface area contributed by atoms with E-state index in [9.17, 15) is 10.4 Å². The van der Waals surface area contributed by atoms with E-state index < -0.39 is 0 Å². The Morgan fingerprint density at radius 1 is 1.00 bits per heavy atom. The number of rotatable bonds is 5. The molecule has 1 aliphatic heterocycles. The number of aromatic hydroxyl groups is 1. The van der Waals surface area contributed by atoms with Gasteiger partial charge in [-0.25, -0.2) is 0 Å². The molecule has 8 nitrogen and oxygen atoms in total. The summed E-state index contributed by atoms with van der Waals surface area (Å²) in [5.74, 6) is 1.79. The first-order chi connectivity index (χ1) is 14.6. The van der Waals surface area contributed by atoms with Crippen LogP contribution in [0, 0.1) is 11.3 Å². The summed E-state index contributed by atoms with van der Waals surface area (Å²) in [6.45, 7) is 0.510. The Morgan fingerprint density at radius 3 is 2.33 bits per heavy atom. The lowest BCUT2D eigenvalue weighted by Crippen LogP contribution is -2.11. The van der Waals surface area contributed by atoms with Crippen LogP contribution < -0.4 is 14.2 Å². The van der Waals surface area contributed by atoms with Crippen molar-refractivity contribution in [1.82, 2.24) is 4.57 Å². The number of aryl methyl sites for hydroxylation is 1. The molecule has 1 aromatic heterocycles. The number of hydrogen-bond acceptors (Lipinski definition) is 7. The second kappa shape index (κ2) is 7.79. The predicted molar refractivity (Wildman–Crippen MR) is 110 cm³/mol. The van der Waals surface area contributed by atoms with Gasteiger partial charge in [0.1, 0.15) is 17.4 Å². The van der Waals surface area contributed by atoms with Gasteiger partial charge >= 0.3 is 0 Å². The van der Waals surface area contributed by atoms with Crippen LogP contribution in [0.4, 0.5) is 11.4 Å². The molecule has 1 aliphatic rings. The lowest BCUT2D eigenvalue weighted by Gasteiger charge is -2.22. The molecule has 0 unspecified atom stereocenters. The van der Waals surface area contributed by atoms with Gasteiger partial charge in [-0.2, -0.15) is 10.4 Å². The van der Waals surface area contributed by atoms with Crippen molar-refractivity contribution in [3.8, 4) is 40.5 Å². The van der Waals surface area contributed by atoms with Crippen molar-refractivity contribution in [2.75, 3.05) is 21.3 Å². The zero-order valence-electron chi connectivity index (χ0n) is 16.8. The normalized spacial score (nSPS) is 12.2. The average molecular weight is 404 g/mol. The highest BCUT2D eigenvalue weighted by Crippen LogP contribution is 2.47. The molecule has 0 saturated heterocycles. The molecule has 0 radical (unpaired) electrons. The summed E-state index contributed by atoms with van der Waals surface area (Å²) in [5.41, 5.74) is 3.39. The van der Waals surface area contributed by atoms with Crippen LogP contribution in [-0.2, 0) is 13.0 Å². The van der Waals surface area contributed by atoms with Crippen LogP contribution in [0.25, 0.3) is 11.3 Å². The maximum atomic E-state index is 10.8. The van der Waals surface area contributed by atoms with E-state index in [0.29, 0.717) is 41.6 Å². The summed E-state index contributed by atoms with van der Waals surface area (Å²) in [6.07, 6.45) is 0.671. The van der Waals surface area contributed by atoms with E-state index in [2.05, 4.69) is 16.3 Å². The first-order valence-corrected chi connectivity index (χ1v) is 9.27. The molecule has 2 heterocycles. The lowest BCUT2D eigenvalue weighted by atomic mass is 9.95. The molecule has 0 bridgehead atoms. The number of ether oxygens (including phenoxy) is 3. The molecule has 8 heteroatoms. The predicted octanol–water partition coefficient (Wildman–Crippen LogP) is 4.73. The van der Waals surface area contributed by atoms with Crippen molar-refractivity contribution < 1.29 is 19.3 Å². The highest BCUT2D eigenvalue weighted by Gasteiger charge is 2.29. The van der Waals surface area contributed by atoms with Gasteiger partial charge in [0.15, 0.2) is 17.2 Å². The Morgan fingerprint density at radius 2 is 1.70 bits per heavy atom. The van der Waals surface area contributed by atoms with Crippen LogP contribution in [0.15, 0.2) is 46.6 Å². The van der Waals surface area contributed by atoms with Crippen molar-refractivity contribution >= 4 is 11.4 Å². The van der Waals surface area contributed by atoms with E-state index in [-0.39, 0.29) is 17.1 Å². The van der Waals surface area contributed by atoms with Gasteiger partial charge in [-0.05, 0) is 48.4 Å². The fourth-order valence-electron chi connectivity index (χ4n) is 3.63. The Kier molecular flexibility index (Phi) is 5.02. The molecule has 0 atom stereocenters. The molecule has 1 N–H and O–H groups in total.